The van der Waals surface area contributed by atoms with Crippen molar-refractivity contribution in [3.8, 4) is 0 Å². The third-order valence-electron chi connectivity index (χ3n) is 13.9. The summed E-state index contributed by atoms with van der Waals surface area (Å²) in [6.07, 6.45) is 9.81. The number of carbonyl (C=O) groups is 4. The summed E-state index contributed by atoms with van der Waals surface area (Å²) >= 11 is 0. The molecule has 4 bridgehead atoms. The fourth-order valence-corrected chi connectivity index (χ4v) is 11.0. The summed E-state index contributed by atoms with van der Waals surface area (Å²) in [5.41, 5.74) is 6.41. The van der Waals surface area contributed by atoms with Crippen LogP contribution >= 0.6 is 0 Å². The molecule has 2 saturated carbocycles. The standard InChI is InChI=1S/C25H34F3N3O3S.C21H26F3N3O2/c1-25(2,3)35(34)30-22(11-15-10-20(27)21(28)12-19(15)26)16-8-17-6-7-18(9-16)31(17)23(32)13-29-24(33)14-4-5-14;22-16-9-18(24)17(23)7-12(16)8-19(25)13-5-14-3-4-15(6-13)27(14)20(28)10-26-21(29)11-1-2-11/h10,12,14,16-18,22,30H,4-9,11,13H2,1-3H3,(H,29,33);7,9,11,13-15,19H,1-6,8,10,25H2,(H,26,29)/t16?,17-,18+,22-,35+;13?,14-,15+,19-/m11/s1. The third kappa shape index (κ3) is 11.5. The minimum atomic E-state index is -1.45. The van der Waals surface area contributed by atoms with Gasteiger partial charge in [-0.3, -0.25) is 19.2 Å². The van der Waals surface area contributed by atoms with Gasteiger partial charge >= 0.3 is 0 Å². The predicted octanol–water partition coefficient (Wildman–Crippen LogP) is 5.63. The molecule has 8 rings (SSSR count). The van der Waals surface area contributed by atoms with E-state index in [0.29, 0.717) is 37.8 Å². The van der Waals surface area contributed by atoms with Gasteiger partial charge in [0, 0.05) is 60.2 Å². The highest BCUT2D eigenvalue weighted by Crippen LogP contribution is 2.42. The monoisotopic (exact) mass is 922 g/mol. The van der Waals surface area contributed by atoms with Gasteiger partial charge in [0.05, 0.1) is 28.8 Å². The molecule has 5 N–H and O–H groups in total. The Bertz CT molecular complexity index is 2090. The molecule has 2 unspecified atom stereocenters. The van der Waals surface area contributed by atoms with Crippen molar-refractivity contribution in [3.63, 3.8) is 0 Å². The number of fused-ring (bicyclic) bond motifs is 4. The number of benzene rings is 2. The van der Waals surface area contributed by atoms with Gasteiger partial charge in [0.25, 0.3) is 0 Å². The molecule has 2 aromatic carbocycles. The SMILES string of the molecule is CC(C)(C)[S@](=O)N[C@H](Cc1cc(F)c(F)cc1F)C1C[C@H]2CC[C@@H](C1)N2C(=O)CNC(=O)C1CC1.N[C@H](Cc1cc(F)c(F)cc1F)C1C[C@H]2CC[C@@H](C1)N2C(=O)CNC(=O)C1CC1. The van der Waals surface area contributed by atoms with Crippen molar-refractivity contribution in [2.45, 2.75) is 152 Å². The maximum atomic E-state index is 14.5. The fraction of sp³-hybridized carbons (Fsp3) is 0.652. The van der Waals surface area contributed by atoms with Gasteiger partial charge in [-0.1, -0.05) is 0 Å². The molecule has 0 aromatic heterocycles. The average molecular weight is 923 g/mol. The Hall–Kier alpha value is -4.03. The molecule has 4 aliphatic heterocycles. The molecule has 9 atom stereocenters. The molecule has 0 spiro atoms. The first-order chi connectivity index (χ1) is 30.3. The molecular formula is C46H60F6N6O5S. The van der Waals surface area contributed by atoms with Gasteiger partial charge in [-0.2, -0.15) is 0 Å². The molecule has 2 aromatic rings. The van der Waals surface area contributed by atoms with E-state index < -0.39 is 62.7 Å². The van der Waals surface area contributed by atoms with Crippen LogP contribution < -0.4 is 21.1 Å². The summed E-state index contributed by atoms with van der Waals surface area (Å²) < 4.78 is 97.9. The first-order valence-electron chi connectivity index (χ1n) is 22.7. The largest absolute Gasteiger partial charge is 0.347 e. The lowest BCUT2D eigenvalue weighted by Crippen LogP contribution is -2.54. The molecule has 4 heterocycles. The van der Waals surface area contributed by atoms with Crippen LogP contribution in [0.5, 0.6) is 0 Å². The van der Waals surface area contributed by atoms with Crippen LogP contribution in [-0.4, -0.2) is 91.7 Å². The smallest absolute Gasteiger partial charge is 0.242 e. The van der Waals surface area contributed by atoms with E-state index in [1.54, 1.807) is 0 Å². The number of carbonyl (C=O) groups excluding carboxylic acids is 4. The van der Waals surface area contributed by atoms with Gasteiger partial charge in [0.1, 0.15) is 11.6 Å². The molecule has 6 aliphatic rings. The predicted molar refractivity (Wildman–Crippen MR) is 227 cm³/mol. The summed E-state index contributed by atoms with van der Waals surface area (Å²) in [6, 6.07) is 2.08. The maximum Gasteiger partial charge on any atom is 0.242 e. The van der Waals surface area contributed by atoms with E-state index in [0.717, 1.165) is 63.5 Å². The number of hydrogen-bond donors (Lipinski definition) is 4. The highest BCUT2D eigenvalue weighted by molar-refractivity contribution is 7.84. The van der Waals surface area contributed by atoms with Crippen molar-refractivity contribution in [1.82, 2.24) is 25.2 Å². The minimum Gasteiger partial charge on any atom is -0.347 e. The zero-order valence-electron chi connectivity index (χ0n) is 36.6. The Morgan fingerprint density at radius 2 is 0.984 bits per heavy atom. The van der Waals surface area contributed by atoms with Crippen molar-refractivity contribution in [2.75, 3.05) is 13.1 Å². The number of amides is 4. The molecule has 4 saturated heterocycles. The van der Waals surface area contributed by atoms with Crippen molar-refractivity contribution < 1.29 is 49.7 Å². The normalized spacial score (nSPS) is 26.4. The van der Waals surface area contributed by atoms with E-state index >= 15 is 0 Å². The van der Waals surface area contributed by atoms with Gasteiger partial charge in [-0.25, -0.2) is 35.3 Å². The van der Waals surface area contributed by atoms with Crippen molar-refractivity contribution in [2.24, 2.45) is 29.4 Å². The first kappa shape index (κ1) is 47.9. The van der Waals surface area contributed by atoms with Crippen molar-refractivity contribution in [3.05, 3.63) is 70.3 Å². The zero-order valence-corrected chi connectivity index (χ0v) is 37.4. The second-order valence-electron chi connectivity index (χ2n) is 19.7. The highest BCUT2D eigenvalue weighted by Gasteiger charge is 2.47. The molecule has 64 heavy (non-hydrogen) atoms. The highest BCUT2D eigenvalue weighted by atomic mass is 32.2. The number of rotatable bonds is 14. The number of hydrogen-bond acceptors (Lipinski definition) is 6. The first-order valence-corrected chi connectivity index (χ1v) is 23.8. The van der Waals surface area contributed by atoms with Crippen LogP contribution in [0.3, 0.4) is 0 Å². The van der Waals surface area contributed by atoms with Crippen LogP contribution in [0.1, 0.15) is 109 Å². The molecular weight excluding hydrogens is 863 g/mol. The van der Waals surface area contributed by atoms with E-state index in [2.05, 4.69) is 15.4 Å². The zero-order chi connectivity index (χ0) is 46.2. The molecule has 352 valence electrons. The molecule has 18 heteroatoms. The third-order valence-corrected chi connectivity index (χ3v) is 15.5. The molecule has 11 nitrogen and oxygen atoms in total. The van der Waals surface area contributed by atoms with Crippen molar-refractivity contribution in [1.29, 1.82) is 0 Å². The summed E-state index contributed by atoms with van der Waals surface area (Å²) in [6.45, 7) is 5.49. The quantitative estimate of drug-likeness (QED) is 0.142. The topological polar surface area (TPSA) is 154 Å². The van der Waals surface area contributed by atoms with Gasteiger partial charge in [0.2, 0.25) is 23.6 Å². The number of nitrogens with two attached hydrogens (primary N) is 1. The lowest BCUT2D eigenvalue weighted by Gasteiger charge is -2.42. The second-order valence-corrected chi connectivity index (χ2v) is 21.7. The Balaban J connectivity index is 0.000000195. The maximum absolute atomic E-state index is 14.5. The van der Waals surface area contributed by atoms with Crippen LogP contribution in [0.4, 0.5) is 26.3 Å². The second kappa shape index (κ2) is 19.8. The minimum absolute atomic E-state index is 0.0111. The van der Waals surface area contributed by atoms with Gasteiger partial charge in [0.15, 0.2) is 23.3 Å². The Morgan fingerprint density at radius 1 is 0.609 bits per heavy atom. The van der Waals surface area contributed by atoms with E-state index in [4.69, 9.17) is 5.73 Å². The summed E-state index contributed by atoms with van der Waals surface area (Å²) in [5, 5.41) is 5.48. The lowest BCUT2D eigenvalue weighted by atomic mass is 9.82. The Morgan fingerprint density at radius 3 is 1.38 bits per heavy atom. The van der Waals surface area contributed by atoms with Gasteiger partial charge in [-0.15, -0.1) is 0 Å². The van der Waals surface area contributed by atoms with Crippen LogP contribution in [0.15, 0.2) is 24.3 Å². The lowest BCUT2D eigenvalue weighted by molar-refractivity contribution is -0.138. The molecule has 0 radical (unpaired) electrons. The van der Waals surface area contributed by atoms with E-state index in [9.17, 15) is 49.7 Å². The number of nitrogens with one attached hydrogen (secondary N) is 3. The van der Waals surface area contributed by atoms with Gasteiger partial charge < -0.3 is 26.2 Å². The molecule has 6 fully saturated rings. The van der Waals surface area contributed by atoms with Gasteiger partial charge in [-0.05, 0) is 146 Å². The number of piperidine rings is 2. The van der Waals surface area contributed by atoms with Crippen LogP contribution in [0, 0.1) is 58.6 Å². The molecule has 4 amide bonds. The van der Waals surface area contributed by atoms with Crippen LogP contribution in [0.25, 0.3) is 0 Å². The average Bonchev–Trinajstić information content (AvgIpc) is 4.18. The summed E-state index contributed by atoms with van der Waals surface area (Å²) in [4.78, 5) is 53.0. The van der Waals surface area contributed by atoms with E-state index in [-0.39, 0.29) is 109 Å². The Kier molecular flexibility index (Phi) is 14.8. The summed E-state index contributed by atoms with van der Waals surface area (Å²) in [5.74, 6) is -6.40. The van der Waals surface area contributed by atoms with E-state index in [1.807, 2.05) is 30.6 Å². The Labute approximate surface area is 373 Å². The number of halogens is 6. The fourth-order valence-electron chi connectivity index (χ4n) is 10.1. The van der Waals surface area contributed by atoms with Crippen LogP contribution in [-0.2, 0) is 43.0 Å². The number of nitrogens with zero attached hydrogens (tertiary/aromatic N) is 2. The summed E-state index contributed by atoms with van der Waals surface area (Å²) in [7, 11) is -1.45. The molecule has 2 aliphatic carbocycles. The van der Waals surface area contributed by atoms with Crippen LogP contribution in [0.2, 0.25) is 0 Å². The van der Waals surface area contributed by atoms with E-state index in [1.165, 1.54) is 0 Å². The van der Waals surface area contributed by atoms with Crippen molar-refractivity contribution >= 4 is 34.6 Å².